The van der Waals surface area contributed by atoms with E-state index in [2.05, 4.69) is 13.5 Å². The number of amides is 1. The van der Waals surface area contributed by atoms with Gasteiger partial charge in [-0.05, 0) is 19.0 Å². The molecule has 0 aromatic heterocycles. The molecule has 1 heterocycles. The summed E-state index contributed by atoms with van der Waals surface area (Å²) in [5, 5.41) is 0. The molecule has 1 amide bonds. The largest absolute Gasteiger partial charge is 0.317 e. The van der Waals surface area contributed by atoms with Crippen molar-refractivity contribution in [2.24, 2.45) is 0 Å². The maximum atomic E-state index is 11.0. The fourth-order valence-electron chi connectivity index (χ4n) is 1.41. The van der Waals surface area contributed by atoms with Crippen molar-refractivity contribution < 1.29 is 4.79 Å². The monoisotopic (exact) mass is 139 g/mol. The molecule has 0 radical (unpaired) electrons. The highest BCUT2D eigenvalue weighted by molar-refractivity contribution is 5.79. The van der Waals surface area contributed by atoms with Gasteiger partial charge in [-0.3, -0.25) is 4.79 Å². The standard InChI is InChI=1S/C8H13NO/c1-3-7-5-6-8(10)9(7)4-2/h4,7H,2-3,5-6H2,1H3. The average Bonchev–Trinajstić information content (AvgIpc) is 2.30. The van der Waals surface area contributed by atoms with E-state index >= 15 is 0 Å². The topological polar surface area (TPSA) is 20.3 Å². The molecule has 1 unspecified atom stereocenters. The van der Waals surface area contributed by atoms with Crippen LogP contribution in [0.4, 0.5) is 0 Å². The number of carbonyl (C=O) groups excluding carboxylic acids is 1. The summed E-state index contributed by atoms with van der Waals surface area (Å²) in [6.45, 7) is 5.69. The predicted molar refractivity (Wildman–Crippen MR) is 40.4 cm³/mol. The molecule has 0 saturated carbocycles. The Balaban J connectivity index is 2.62. The minimum absolute atomic E-state index is 0.224. The zero-order valence-corrected chi connectivity index (χ0v) is 6.34. The predicted octanol–water partition coefficient (Wildman–Crippen LogP) is 1.53. The van der Waals surface area contributed by atoms with Crippen LogP contribution in [0.15, 0.2) is 12.8 Å². The number of likely N-dealkylation sites (tertiary alicyclic amines) is 1. The first-order valence-electron chi connectivity index (χ1n) is 3.73. The Morgan fingerprint density at radius 2 is 2.60 bits per heavy atom. The summed E-state index contributed by atoms with van der Waals surface area (Å²) in [6, 6.07) is 0.421. The lowest BCUT2D eigenvalue weighted by atomic mass is 10.2. The summed E-state index contributed by atoms with van der Waals surface area (Å²) in [5.41, 5.74) is 0. The van der Waals surface area contributed by atoms with Gasteiger partial charge < -0.3 is 4.90 Å². The molecule has 0 aliphatic carbocycles. The summed E-state index contributed by atoms with van der Waals surface area (Å²) in [6.07, 6.45) is 4.38. The first kappa shape index (κ1) is 7.32. The normalized spacial score (nSPS) is 25.5. The first-order chi connectivity index (χ1) is 4.79. The molecular formula is C8H13NO. The number of hydrogen-bond donors (Lipinski definition) is 0. The maximum absolute atomic E-state index is 11.0. The summed E-state index contributed by atoms with van der Waals surface area (Å²) in [7, 11) is 0. The summed E-state index contributed by atoms with van der Waals surface area (Å²) < 4.78 is 0. The van der Waals surface area contributed by atoms with Gasteiger partial charge >= 0.3 is 0 Å². The Bertz CT molecular complexity index is 153. The molecule has 1 aliphatic rings. The SMILES string of the molecule is C=CN1C(=O)CCC1CC. The van der Waals surface area contributed by atoms with E-state index in [1.807, 2.05) is 0 Å². The van der Waals surface area contributed by atoms with Crippen LogP contribution in [-0.4, -0.2) is 16.8 Å². The summed E-state index contributed by atoms with van der Waals surface area (Å²) in [5.74, 6) is 0.224. The molecular weight excluding hydrogens is 126 g/mol. The van der Waals surface area contributed by atoms with Crippen LogP contribution in [0.1, 0.15) is 26.2 Å². The third-order valence-electron chi connectivity index (χ3n) is 2.04. The second-order valence-corrected chi connectivity index (χ2v) is 2.58. The van der Waals surface area contributed by atoms with E-state index in [1.54, 1.807) is 11.1 Å². The van der Waals surface area contributed by atoms with Crippen LogP contribution in [-0.2, 0) is 4.79 Å². The van der Waals surface area contributed by atoms with E-state index in [-0.39, 0.29) is 5.91 Å². The second kappa shape index (κ2) is 2.86. The van der Waals surface area contributed by atoms with Crippen molar-refractivity contribution in [3.63, 3.8) is 0 Å². The van der Waals surface area contributed by atoms with Gasteiger partial charge in [0.25, 0.3) is 0 Å². The quantitative estimate of drug-likeness (QED) is 0.568. The fourth-order valence-corrected chi connectivity index (χ4v) is 1.41. The lowest BCUT2D eigenvalue weighted by Gasteiger charge is -2.17. The van der Waals surface area contributed by atoms with Crippen LogP contribution in [0.25, 0.3) is 0 Å². The Hall–Kier alpha value is -0.790. The zero-order valence-electron chi connectivity index (χ0n) is 6.34. The molecule has 1 atom stereocenters. The van der Waals surface area contributed by atoms with E-state index in [0.717, 1.165) is 12.8 Å². The van der Waals surface area contributed by atoms with E-state index in [4.69, 9.17) is 0 Å². The van der Waals surface area contributed by atoms with Gasteiger partial charge in [0.1, 0.15) is 0 Å². The highest BCUT2D eigenvalue weighted by atomic mass is 16.2. The van der Waals surface area contributed by atoms with Gasteiger partial charge in [-0.1, -0.05) is 13.5 Å². The van der Waals surface area contributed by atoms with Crippen molar-refractivity contribution in [3.8, 4) is 0 Å². The Morgan fingerprint density at radius 3 is 3.00 bits per heavy atom. The highest BCUT2D eigenvalue weighted by Gasteiger charge is 2.26. The van der Waals surface area contributed by atoms with Gasteiger partial charge in [-0.25, -0.2) is 0 Å². The van der Waals surface area contributed by atoms with Crippen LogP contribution < -0.4 is 0 Å². The van der Waals surface area contributed by atoms with Crippen molar-refractivity contribution in [1.82, 2.24) is 4.90 Å². The molecule has 1 fully saturated rings. The summed E-state index contributed by atoms with van der Waals surface area (Å²) in [4.78, 5) is 12.8. The van der Waals surface area contributed by atoms with E-state index in [1.165, 1.54) is 0 Å². The summed E-state index contributed by atoms with van der Waals surface area (Å²) >= 11 is 0. The molecule has 1 aliphatic heterocycles. The van der Waals surface area contributed by atoms with Gasteiger partial charge in [0, 0.05) is 12.5 Å². The number of hydrogen-bond acceptors (Lipinski definition) is 1. The molecule has 10 heavy (non-hydrogen) atoms. The molecule has 1 rings (SSSR count). The van der Waals surface area contributed by atoms with Crippen molar-refractivity contribution in [3.05, 3.63) is 12.8 Å². The lowest BCUT2D eigenvalue weighted by Crippen LogP contribution is -2.26. The van der Waals surface area contributed by atoms with Crippen molar-refractivity contribution >= 4 is 5.91 Å². The Labute approximate surface area is 61.5 Å². The molecule has 0 aromatic rings. The second-order valence-electron chi connectivity index (χ2n) is 2.58. The average molecular weight is 139 g/mol. The number of nitrogens with zero attached hydrogens (tertiary/aromatic N) is 1. The third kappa shape index (κ3) is 1.06. The molecule has 0 bridgehead atoms. The Kier molecular flexibility index (Phi) is 2.10. The smallest absolute Gasteiger partial charge is 0.226 e. The lowest BCUT2D eigenvalue weighted by molar-refractivity contribution is -0.126. The molecule has 2 nitrogen and oxygen atoms in total. The number of carbonyl (C=O) groups is 1. The van der Waals surface area contributed by atoms with Crippen molar-refractivity contribution in [2.75, 3.05) is 0 Å². The molecule has 2 heteroatoms. The Morgan fingerprint density at radius 1 is 1.90 bits per heavy atom. The van der Waals surface area contributed by atoms with Gasteiger partial charge in [0.15, 0.2) is 0 Å². The van der Waals surface area contributed by atoms with E-state index in [9.17, 15) is 4.79 Å². The van der Waals surface area contributed by atoms with Crippen LogP contribution in [0.2, 0.25) is 0 Å². The van der Waals surface area contributed by atoms with Gasteiger partial charge in [0.2, 0.25) is 5.91 Å². The van der Waals surface area contributed by atoms with Crippen molar-refractivity contribution in [2.45, 2.75) is 32.2 Å². The van der Waals surface area contributed by atoms with Gasteiger partial charge in [-0.2, -0.15) is 0 Å². The van der Waals surface area contributed by atoms with Crippen LogP contribution in [0.5, 0.6) is 0 Å². The van der Waals surface area contributed by atoms with Crippen LogP contribution >= 0.6 is 0 Å². The maximum Gasteiger partial charge on any atom is 0.226 e. The minimum Gasteiger partial charge on any atom is -0.317 e. The van der Waals surface area contributed by atoms with E-state index < -0.39 is 0 Å². The molecule has 0 spiro atoms. The van der Waals surface area contributed by atoms with Crippen LogP contribution in [0, 0.1) is 0 Å². The highest BCUT2D eigenvalue weighted by Crippen LogP contribution is 2.20. The van der Waals surface area contributed by atoms with Crippen LogP contribution in [0.3, 0.4) is 0 Å². The first-order valence-corrected chi connectivity index (χ1v) is 3.73. The zero-order chi connectivity index (χ0) is 7.56. The minimum atomic E-state index is 0.224. The molecule has 56 valence electrons. The third-order valence-corrected chi connectivity index (χ3v) is 2.04. The van der Waals surface area contributed by atoms with Gasteiger partial charge in [0.05, 0.1) is 0 Å². The van der Waals surface area contributed by atoms with E-state index in [0.29, 0.717) is 12.5 Å². The van der Waals surface area contributed by atoms with Crippen molar-refractivity contribution in [1.29, 1.82) is 0 Å². The fraction of sp³-hybridized carbons (Fsp3) is 0.625. The van der Waals surface area contributed by atoms with Gasteiger partial charge in [-0.15, -0.1) is 0 Å². The number of rotatable bonds is 2. The molecule has 0 aromatic carbocycles. The molecule has 0 N–H and O–H groups in total. The molecule has 1 saturated heterocycles.